The number of hydrogen-bond acceptors (Lipinski definition) is 10. The first-order valence-corrected chi connectivity index (χ1v) is 27.7. The van der Waals surface area contributed by atoms with Crippen molar-refractivity contribution < 1.29 is 51.8 Å². The van der Waals surface area contributed by atoms with Crippen molar-refractivity contribution in [1.29, 1.82) is 0 Å². The van der Waals surface area contributed by atoms with E-state index in [2.05, 4.69) is 47.7 Å². The Morgan fingerprint density at radius 2 is 1.08 bits per heavy atom. The summed E-state index contributed by atoms with van der Waals surface area (Å²) < 4.78 is 47.7. The topological polar surface area (TPSA) is 192 Å². The normalized spacial score (nSPS) is 20.4. The van der Waals surface area contributed by atoms with E-state index in [0.29, 0.717) is 6.42 Å². The Balaban J connectivity index is 2.42. The lowest BCUT2D eigenvalue weighted by molar-refractivity contribution is -0.298. The van der Waals surface area contributed by atoms with Crippen LogP contribution < -0.4 is 5.32 Å². The number of aliphatic hydroxyl groups excluding tert-OH is 4. The molecule has 13 heteroatoms. The van der Waals surface area contributed by atoms with Crippen molar-refractivity contribution in [1.82, 2.24) is 5.32 Å². The van der Waals surface area contributed by atoms with Crippen LogP contribution in [0, 0.1) is 0 Å². The molecule has 65 heavy (non-hydrogen) atoms. The molecule has 382 valence electrons. The van der Waals surface area contributed by atoms with Crippen LogP contribution in [0.15, 0.2) is 36.5 Å². The summed E-state index contributed by atoms with van der Waals surface area (Å²) in [5, 5.41) is 44.9. The first-order chi connectivity index (χ1) is 31.5. The highest BCUT2D eigenvalue weighted by atomic mass is 32.3. The molecular formula is C52H97NO11S. The Kier molecular flexibility index (Phi) is 40.0. The maximum Gasteiger partial charge on any atom is 0.397 e. The van der Waals surface area contributed by atoms with Crippen LogP contribution in [-0.4, -0.2) is 95.4 Å². The van der Waals surface area contributed by atoms with E-state index in [4.69, 9.17) is 9.47 Å². The molecule has 1 amide bonds. The average Bonchev–Trinajstić information content (AvgIpc) is 3.28. The van der Waals surface area contributed by atoms with E-state index in [1.54, 1.807) is 6.08 Å². The predicted molar refractivity (Wildman–Crippen MR) is 264 cm³/mol. The van der Waals surface area contributed by atoms with Crippen LogP contribution in [-0.2, 0) is 28.9 Å². The molecule has 0 aromatic rings. The third kappa shape index (κ3) is 35.1. The molecule has 0 spiro atoms. The summed E-state index contributed by atoms with van der Waals surface area (Å²) in [6.07, 6.45) is 43.2. The molecule has 0 aromatic carbocycles. The fraction of sp³-hybridized carbons (Fsp3) is 0.865. The monoisotopic (exact) mass is 944 g/mol. The van der Waals surface area contributed by atoms with Crippen molar-refractivity contribution in [3.8, 4) is 0 Å². The quantitative estimate of drug-likeness (QED) is 0.0193. The van der Waals surface area contributed by atoms with Crippen LogP contribution in [0.2, 0.25) is 0 Å². The van der Waals surface area contributed by atoms with E-state index in [1.165, 1.54) is 154 Å². The maximum atomic E-state index is 13.1. The Hall–Kier alpha value is -1.68. The summed E-state index contributed by atoms with van der Waals surface area (Å²) in [6.45, 7) is 3.31. The van der Waals surface area contributed by atoms with Crippen LogP contribution in [0.3, 0.4) is 0 Å². The molecule has 0 bridgehead atoms. The highest BCUT2D eigenvalue weighted by Gasteiger charge is 2.48. The first-order valence-electron chi connectivity index (χ1n) is 26.4. The second-order valence-corrected chi connectivity index (χ2v) is 19.5. The molecule has 12 nitrogen and oxygen atoms in total. The zero-order chi connectivity index (χ0) is 47.6. The van der Waals surface area contributed by atoms with Crippen molar-refractivity contribution in [3.63, 3.8) is 0 Å². The van der Waals surface area contributed by atoms with Gasteiger partial charge in [0.25, 0.3) is 0 Å². The number of ether oxygens (including phenoxy) is 2. The lowest BCUT2D eigenvalue weighted by Crippen LogP contribution is -2.61. The molecule has 0 radical (unpaired) electrons. The van der Waals surface area contributed by atoms with Crippen molar-refractivity contribution in [3.05, 3.63) is 36.5 Å². The molecule has 1 saturated heterocycles. The number of carbonyl (C=O) groups excluding carboxylic acids is 1. The minimum atomic E-state index is -5.09. The average molecular weight is 944 g/mol. The van der Waals surface area contributed by atoms with Crippen LogP contribution in [0.1, 0.15) is 232 Å². The molecule has 7 unspecified atom stereocenters. The molecule has 1 rings (SSSR count). The SMILES string of the molecule is CC/C=C\C/C=C\CCCCCCCCCCCCCCCCC(=O)NC(COC1OC(CO)C(O)C(OS(=O)(=O)O)C1O)C(O)/C=C/CCCCCCCCCCCCCCCCC. The zero-order valence-electron chi connectivity index (χ0n) is 41.1. The van der Waals surface area contributed by atoms with Gasteiger partial charge in [0.2, 0.25) is 5.91 Å². The number of rotatable bonds is 45. The summed E-state index contributed by atoms with van der Waals surface area (Å²) >= 11 is 0. The third-order valence-electron chi connectivity index (χ3n) is 12.4. The number of nitrogens with one attached hydrogen (secondary N) is 1. The van der Waals surface area contributed by atoms with Crippen LogP contribution in [0.5, 0.6) is 0 Å². The van der Waals surface area contributed by atoms with Gasteiger partial charge in [-0.05, 0) is 44.9 Å². The fourth-order valence-corrected chi connectivity index (χ4v) is 8.88. The fourth-order valence-electron chi connectivity index (χ4n) is 8.38. The standard InChI is InChI=1S/C52H97NO11S/c1-3-5-7-9-11-13-15-17-19-21-22-23-24-26-28-30-32-34-36-38-40-42-48(56)53-45(44-62-52-50(58)51(64-65(59,60)61)49(57)47(43-54)63-52)46(55)41-39-37-35-33-31-29-27-25-20-18-16-14-12-10-8-6-4-2/h5,7,11,13,39,41,45-47,49-52,54-55,57-58H,3-4,6,8-10,12,14-38,40,42-44H2,1-2H3,(H,53,56)(H,59,60,61)/b7-5-,13-11-,41-39+. The van der Waals surface area contributed by atoms with E-state index < -0.39 is 59.9 Å². The maximum absolute atomic E-state index is 13.1. The highest BCUT2D eigenvalue weighted by molar-refractivity contribution is 7.80. The molecule has 1 fully saturated rings. The number of amides is 1. The number of aliphatic hydroxyl groups is 4. The minimum absolute atomic E-state index is 0.262. The summed E-state index contributed by atoms with van der Waals surface area (Å²) in [6, 6.07) is -0.943. The zero-order valence-corrected chi connectivity index (χ0v) is 41.9. The molecule has 7 atom stereocenters. The van der Waals surface area contributed by atoms with Gasteiger partial charge in [-0.15, -0.1) is 0 Å². The van der Waals surface area contributed by atoms with Gasteiger partial charge in [0.1, 0.15) is 24.4 Å². The molecule has 1 aliphatic rings. The van der Waals surface area contributed by atoms with Crippen molar-refractivity contribution in [2.45, 2.75) is 275 Å². The van der Waals surface area contributed by atoms with E-state index in [-0.39, 0.29) is 18.9 Å². The lowest BCUT2D eigenvalue weighted by atomic mass is 9.99. The largest absolute Gasteiger partial charge is 0.397 e. The van der Waals surface area contributed by atoms with Gasteiger partial charge in [-0.25, -0.2) is 4.18 Å². The Bertz CT molecular complexity index is 1300. The van der Waals surface area contributed by atoms with E-state index in [0.717, 1.165) is 51.4 Å². The van der Waals surface area contributed by atoms with Gasteiger partial charge < -0.3 is 35.2 Å². The first kappa shape index (κ1) is 61.3. The third-order valence-corrected chi connectivity index (χ3v) is 12.9. The molecule has 1 heterocycles. The molecule has 0 aromatic heterocycles. The Morgan fingerprint density at radius 1 is 0.631 bits per heavy atom. The summed E-state index contributed by atoms with van der Waals surface area (Å²) in [4.78, 5) is 13.1. The molecular weight excluding hydrogens is 847 g/mol. The van der Waals surface area contributed by atoms with Gasteiger partial charge in [0.05, 0.1) is 25.4 Å². The Labute approximate surface area is 396 Å². The second kappa shape index (κ2) is 42.4. The molecule has 6 N–H and O–H groups in total. The van der Waals surface area contributed by atoms with Gasteiger partial charge in [-0.2, -0.15) is 8.42 Å². The summed E-state index contributed by atoms with van der Waals surface area (Å²) in [7, 11) is -5.09. The Morgan fingerprint density at radius 3 is 1.54 bits per heavy atom. The van der Waals surface area contributed by atoms with Gasteiger partial charge in [-0.3, -0.25) is 9.35 Å². The smallest absolute Gasteiger partial charge is 0.394 e. The summed E-state index contributed by atoms with van der Waals surface area (Å²) in [5.41, 5.74) is 0. The van der Waals surface area contributed by atoms with Gasteiger partial charge in [0.15, 0.2) is 6.29 Å². The van der Waals surface area contributed by atoms with Gasteiger partial charge in [-0.1, -0.05) is 217 Å². The van der Waals surface area contributed by atoms with Crippen molar-refractivity contribution >= 4 is 16.3 Å². The van der Waals surface area contributed by atoms with E-state index in [1.807, 2.05) is 6.08 Å². The predicted octanol–water partition coefficient (Wildman–Crippen LogP) is 11.4. The number of hydrogen-bond donors (Lipinski definition) is 6. The van der Waals surface area contributed by atoms with Crippen molar-refractivity contribution in [2.24, 2.45) is 0 Å². The van der Waals surface area contributed by atoms with Crippen LogP contribution in [0.4, 0.5) is 0 Å². The van der Waals surface area contributed by atoms with Gasteiger partial charge >= 0.3 is 10.4 Å². The van der Waals surface area contributed by atoms with Crippen LogP contribution in [0.25, 0.3) is 0 Å². The molecule has 0 saturated carbocycles. The number of carbonyl (C=O) groups is 1. The second-order valence-electron chi connectivity index (χ2n) is 18.4. The molecule has 1 aliphatic heterocycles. The van der Waals surface area contributed by atoms with Crippen LogP contribution >= 0.6 is 0 Å². The van der Waals surface area contributed by atoms with Crippen molar-refractivity contribution in [2.75, 3.05) is 13.2 Å². The minimum Gasteiger partial charge on any atom is -0.394 e. The lowest BCUT2D eigenvalue weighted by Gasteiger charge is -2.41. The summed E-state index contributed by atoms with van der Waals surface area (Å²) in [5.74, 6) is -0.262. The number of unbranched alkanes of at least 4 members (excludes halogenated alkanes) is 29. The highest BCUT2D eigenvalue weighted by Crippen LogP contribution is 2.26. The number of allylic oxidation sites excluding steroid dienone is 5. The molecule has 0 aliphatic carbocycles. The van der Waals surface area contributed by atoms with E-state index in [9.17, 15) is 38.2 Å². The van der Waals surface area contributed by atoms with Gasteiger partial charge in [0, 0.05) is 6.42 Å². The van der Waals surface area contributed by atoms with E-state index >= 15 is 0 Å².